The zero-order valence-electron chi connectivity index (χ0n) is 14.7. The molecule has 0 radical (unpaired) electrons. The zero-order chi connectivity index (χ0) is 17.9. The Morgan fingerprint density at radius 1 is 1.19 bits per heavy atom. The molecule has 1 N–H and O–H groups in total. The highest BCUT2D eigenvalue weighted by atomic mass is 16.2. The molecule has 2 aromatic heterocycles. The summed E-state index contributed by atoms with van der Waals surface area (Å²) < 4.78 is 1.81. The second-order valence-electron chi connectivity index (χ2n) is 6.42. The predicted octanol–water partition coefficient (Wildman–Crippen LogP) is 2.36. The maximum atomic E-state index is 13.2. The van der Waals surface area contributed by atoms with Crippen LogP contribution in [0.1, 0.15) is 27.8 Å². The Kier molecular flexibility index (Phi) is 4.50. The van der Waals surface area contributed by atoms with Crippen LogP contribution in [-0.2, 0) is 0 Å². The van der Waals surface area contributed by atoms with Gasteiger partial charge < -0.3 is 10.2 Å². The van der Waals surface area contributed by atoms with Crippen LogP contribution in [0.25, 0.3) is 5.69 Å². The fraction of sp³-hybridized carbons (Fsp3) is 0.250. The smallest absolute Gasteiger partial charge is 0.274 e. The highest BCUT2D eigenvalue weighted by Crippen LogP contribution is 2.24. The van der Waals surface area contributed by atoms with Crippen LogP contribution in [0.2, 0.25) is 0 Å². The van der Waals surface area contributed by atoms with Gasteiger partial charge in [0.1, 0.15) is 0 Å². The summed E-state index contributed by atoms with van der Waals surface area (Å²) in [6.07, 6.45) is 3.57. The van der Waals surface area contributed by atoms with Crippen molar-refractivity contribution < 1.29 is 4.79 Å². The lowest BCUT2D eigenvalue weighted by Crippen LogP contribution is -2.48. The van der Waals surface area contributed by atoms with E-state index in [0.29, 0.717) is 12.2 Å². The highest BCUT2D eigenvalue weighted by Gasteiger charge is 2.30. The molecule has 1 aromatic carbocycles. The van der Waals surface area contributed by atoms with E-state index in [2.05, 4.69) is 15.4 Å². The Labute approximate surface area is 152 Å². The van der Waals surface area contributed by atoms with E-state index in [1.54, 1.807) is 6.20 Å². The van der Waals surface area contributed by atoms with Crippen molar-refractivity contribution >= 4 is 5.91 Å². The maximum absolute atomic E-state index is 13.2. The number of amides is 1. The van der Waals surface area contributed by atoms with E-state index in [4.69, 9.17) is 0 Å². The number of rotatable bonds is 3. The number of benzene rings is 1. The third kappa shape index (κ3) is 3.11. The number of nitrogens with one attached hydrogen (secondary N) is 1. The summed E-state index contributed by atoms with van der Waals surface area (Å²) in [6.45, 7) is 4.11. The Balaban J connectivity index is 1.64. The number of aromatic nitrogens is 3. The largest absolute Gasteiger partial charge is 0.328 e. The summed E-state index contributed by atoms with van der Waals surface area (Å²) in [5.74, 6) is -0.0434. The van der Waals surface area contributed by atoms with Gasteiger partial charge in [-0.3, -0.25) is 9.78 Å². The van der Waals surface area contributed by atoms with Crippen molar-refractivity contribution in [3.05, 3.63) is 77.9 Å². The van der Waals surface area contributed by atoms with Crippen molar-refractivity contribution in [2.24, 2.45) is 0 Å². The Bertz CT molecular complexity index is 891. The molecular formula is C20H21N5O. The summed E-state index contributed by atoms with van der Waals surface area (Å²) in [5, 5.41) is 7.94. The minimum absolute atomic E-state index is 0.0351. The van der Waals surface area contributed by atoms with E-state index in [-0.39, 0.29) is 11.9 Å². The first-order valence-corrected chi connectivity index (χ1v) is 8.78. The molecule has 1 amide bonds. The summed E-state index contributed by atoms with van der Waals surface area (Å²) >= 11 is 0. The quantitative estimate of drug-likeness (QED) is 0.790. The van der Waals surface area contributed by atoms with Gasteiger partial charge in [0, 0.05) is 37.7 Å². The van der Waals surface area contributed by atoms with Gasteiger partial charge in [-0.05, 0) is 36.8 Å². The SMILES string of the molecule is Cc1cc(C(=O)N2CCNCC2c2cccnc2)nn1-c1ccccc1. The predicted molar refractivity (Wildman–Crippen MR) is 99.2 cm³/mol. The van der Waals surface area contributed by atoms with Gasteiger partial charge in [-0.1, -0.05) is 24.3 Å². The minimum Gasteiger partial charge on any atom is -0.328 e. The van der Waals surface area contributed by atoms with E-state index in [9.17, 15) is 4.79 Å². The first-order valence-electron chi connectivity index (χ1n) is 8.78. The third-order valence-electron chi connectivity index (χ3n) is 4.68. The lowest BCUT2D eigenvalue weighted by atomic mass is 10.0. The molecule has 0 aliphatic carbocycles. The average molecular weight is 347 g/mol. The minimum atomic E-state index is -0.0434. The number of aryl methyl sites for hydroxylation is 1. The molecule has 1 aliphatic rings. The van der Waals surface area contributed by atoms with Crippen molar-refractivity contribution in [3.8, 4) is 5.69 Å². The molecule has 3 aromatic rings. The van der Waals surface area contributed by atoms with Crippen molar-refractivity contribution in [1.82, 2.24) is 25.0 Å². The normalized spacial score (nSPS) is 17.3. The standard InChI is InChI=1S/C20H21N5O/c1-15-12-18(23-25(15)17-7-3-2-4-8-17)20(26)24-11-10-22-14-19(24)16-6-5-9-21-13-16/h2-9,12-13,19,22H,10-11,14H2,1H3. The maximum Gasteiger partial charge on any atom is 0.274 e. The summed E-state index contributed by atoms with van der Waals surface area (Å²) in [5.41, 5.74) is 3.40. The molecule has 1 aliphatic heterocycles. The van der Waals surface area contributed by atoms with Gasteiger partial charge in [-0.2, -0.15) is 5.10 Å². The van der Waals surface area contributed by atoms with Gasteiger partial charge in [0.15, 0.2) is 5.69 Å². The van der Waals surface area contributed by atoms with Crippen molar-refractivity contribution in [3.63, 3.8) is 0 Å². The lowest BCUT2D eigenvalue weighted by molar-refractivity contribution is 0.0627. The lowest BCUT2D eigenvalue weighted by Gasteiger charge is -2.36. The highest BCUT2D eigenvalue weighted by molar-refractivity contribution is 5.93. The Morgan fingerprint density at radius 3 is 2.81 bits per heavy atom. The Hall–Kier alpha value is -2.99. The molecule has 0 bridgehead atoms. The van der Waals surface area contributed by atoms with E-state index in [0.717, 1.165) is 30.0 Å². The van der Waals surface area contributed by atoms with Gasteiger partial charge in [0.2, 0.25) is 0 Å². The number of hydrogen-bond donors (Lipinski definition) is 1. The number of piperazine rings is 1. The van der Waals surface area contributed by atoms with E-state index in [1.807, 2.05) is 71.2 Å². The number of hydrogen-bond acceptors (Lipinski definition) is 4. The van der Waals surface area contributed by atoms with Crippen molar-refractivity contribution in [2.45, 2.75) is 13.0 Å². The van der Waals surface area contributed by atoms with Gasteiger partial charge in [-0.15, -0.1) is 0 Å². The number of pyridine rings is 1. The average Bonchev–Trinajstić information content (AvgIpc) is 3.10. The van der Waals surface area contributed by atoms with Crippen LogP contribution in [0.3, 0.4) is 0 Å². The first kappa shape index (κ1) is 16.5. The summed E-state index contributed by atoms with van der Waals surface area (Å²) in [7, 11) is 0. The molecule has 1 unspecified atom stereocenters. The van der Waals surface area contributed by atoms with Crippen LogP contribution in [0.5, 0.6) is 0 Å². The topological polar surface area (TPSA) is 63.1 Å². The zero-order valence-corrected chi connectivity index (χ0v) is 14.7. The van der Waals surface area contributed by atoms with Gasteiger partial charge in [-0.25, -0.2) is 4.68 Å². The molecule has 26 heavy (non-hydrogen) atoms. The molecular weight excluding hydrogens is 326 g/mol. The fourth-order valence-electron chi connectivity index (χ4n) is 3.37. The van der Waals surface area contributed by atoms with Crippen LogP contribution < -0.4 is 5.32 Å². The van der Waals surface area contributed by atoms with Gasteiger partial charge in [0.05, 0.1) is 11.7 Å². The summed E-state index contributed by atoms with van der Waals surface area (Å²) in [4.78, 5) is 19.3. The van der Waals surface area contributed by atoms with Crippen LogP contribution in [0, 0.1) is 6.92 Å². The van der Waals surface area contributed by atoms with Crippen LogP contribution in [-0.4, -0.2) is 45.2 Å². The second-order valence-corrected chi connectivity index (χ2v) is 6.42. The van der Waals surface area contributed by atoms with Crippen molar-refractivity contribution in [2.75, 3.05) is 19.6 Å². The van der Waals surface area contributed by atoms with E-state index in [1.165, 1.54) is 0 Å². The number of para-hydroxylation sites is 1. The van der Waals surface area contributed by atoms with Crippen LogP contribution in [0.15, 0.2) is 60.9 Å². The molecule has 6 nitrogen and oxygen atoms in total. The van der Waals surface area contributed by atoms with Gasteiger partial charge in [0.25, 0.3) is 5.91 Å². The summed E-state index contributed by atoms with van der Waals surface area (Å²) in [6, 6.07) is 15.6. The van der Waals surface area contributed by atoms with Gasteiger partial charge >= 0.3 is 0 Å². The number of carbonyl (C=O) groups is 1. The van der Waals surface area contributed by atoms with Crippen LogP contribution in [0.4, 0.5) is 0 Å². The second kappa shape index (κ2) is 7.09. The third-order valence-corrected chi connectivity index (χ3v) is 4.68. The molecule has 132 valence electrons. The van der Waals surface area contributed by atoms with Crippen LogP contribution >= 0.6 is 0 Å². The monoisotopic (exact) mass is 347 g/mol. The molecule has 0 spiro atoms. The first-order chi connectivity index (χ1) is 12.7. The number of nitrogens with zero attached hydrogens (tertiary/aromatic N) is 4. The van der Waals surface area contributed by atoms with Crippen molar-refractivity contribution in [1.29, 1.82) is 0 Å². The molecule has 1 atom stereocenters. The molecule has 1 fully saturated rings. The molecule has 3 heterocycles. The molecule has 1 saturated heterocycles. The van der Waals surface area contributed by atoms with E-state index >= 15 is 0 Å². The number of carbonyl (C=O) groups excluding carboxylic acids is 1. The van der Waals surface area contributed by atoms with E-state index < -0.39 is 0 Å². The Morgan fingerprint density at radius 2 is 2.04 bits per heavy atom. The molecule has 4 rings (SSSR count). The fourth-order valence-corrected chi connectivity index (χ4v) is 3.37. The molecule has 6 heteroatoms. The molecule has 0 saturated carbocycles.